The lowest BCUT2D eigenvalue weighted by Gasteiger charge is -2.10. The summed E-state index contributed by atoms with van der Waals surface area (Å²) in [5.74, 6) is 0.381. The number of rotatable bonds is 5. The molecule has 3 aromatic rings. The van der Waals surface area contributed by atoms with Gasteiger partial charge in [-0.2, -0.15) is 5.10 Å². The van der Waals surface area contributed by atoms with Gasteiger partial charge in [-0.1, -0.05) is 0 Å². The van der Waals surface area contributed by atoms with Crippen LogP contribution in [-0.2, 0) is 0 Å². The van der Waals surface area contributed by atoms with Crippen LogP contribution in [-0.4, -0.2) is 22.8 Å². The number of nitrogens with one attached hydrogen (secondary N) is 1. The van der Waals surface area contributed by atoms with Gasteiger partial charge in [0.1, 0.15) is 11.4 Å². The molecule has 132 valence electrons. The van der Waals surface area contributed by atoms with Crippen LogP contribution in [0.5, 0.6) is 5.75 Å². The highest BCUT2D eigenvalue weighted by atomic mass is 16.5. The molecule has 0 saturated carbocycles. The van der Waals surface area contributed by atoms with Crippen molar-refractivity contribution in [3.63, 3.8) is 0 Å². The molecular weight excluding hydrogens is 332 g/mol. The summed E-state index contributed by atoms with van der Waals surface area (Å²) in [6.45, 7) is 3.77. The van der Waals surface area contributed by atoms with E-state index in [1.165, 1.54) is 6.07 Å². The molecule has 1 amide bonds. The van der Waals surface area contributed by atoms with Crippen molar-refractivity contribution in [3.8, 4) is 11.4 Å². The number of methoxy groups -OCH3 is 1. The Labute approximate surface area is 150 Å². The Hall–Kier alpha value is -3.48. The van der Waals surface area contributed by atoms with Crippen molar-refractivity contribution in [1.29, 1.82) is 0 Å². The standard InChI is InChI=1S/C19H18N4O3/c1-12-10-13(2)23(21-12)18-9-6-15(11-17(18)22-25)20-19(24)14-4-7-16(26-3)8-5-14/h4-11H,1-3H3,(H,20,24). The van der Waals surface area contributed by atoms with E-state index in [1.54, 1.807) is 48.2 Å². The van der Waals surface area contributed by atoms with Crippen LogP contribution < -0.4 is 10.1 Å². The van der Waals surface area contributed by atoms with Gasteiger partial charge in [0, 0.05) is 16.9 Å². The molecule has 0 saturated heterocycles. The summed E-state index contributed by atoms with van der Waals surface area (Å²) in [5, 5.41) is 10.2. The van der Waals surface area contributed by atoms with Crippen molar-refractivity contribution >= 4 is 17.3 Å². The van der Waals surface area contributed by atoms with E-state index in [9.17, 15) is 9.70 Å². The molecule has 1 N–H and O–H groups in total. The molecule has 0 aliphatic carbocycles. The summed E-state index contributed by atoms with van der Waals surface area (Å²) in [7, 11) is 1.56. The van der Waals surface area contributed by atoms with Gasteiger partial charge in [0.15, 0.2) is 0 Å². The number of ether oxygens (including phenoxy) is 1. The molecule has 7 nitrogen and oxygen atoms in total. The fraction of sp³-hybridized carbons (Fsp3) is 0.158. The number of anilines is 1. The minimum atomic E-state index is -0.289. The van der Waals surface area contributed by atoms with Crippen LogP contribution in [0, 0.1) is 18.8 Å². The van der Waals surface area contributed by atoms with Gasteiger partial charge >= 0.3 is 0 Å². The van der Waals surface area contributed by atoms with Crippen LogP contribution in [0.1, 0.15) is 21.7 Å². The third-order valence-electron chi connectivity index (χ3n) is 3.92. The molecule has 3 rings (SSSR count). The number of carbonyl (C=O) groups excluding carboxylic acids is 1. The Morgan fingerprint density at radius 2 is 1.85 bits per heavy atom. The highest BCUT2D eigenvalue weighted by Gasteiger charge is 2.12. The Kier molecular flexibility index (Phi) is 4.79. The first kappa shape index (κ1) is 17.3. The number of benzene rings is 2. The SMILES string of the molecule is COc1ccc(C(=O)Nc2ccc(-n3nc(C)cc3C)c(N=O)c2)cc1. The number of hydrogen-bond acceptors (Lipinski definition) is 5. The number of nitroso groups, excluding NO2 is 1. The molecule has 0 bridgehead atoms. The number of aromatic nitrogens is 2. The third kappa shape index (κ3) is 3.46. The number of nitrogens with zero attached hydrogens (tertiary/aromatic N) is 3. The average Bonchev–Trinajstić information content (AvgIpc) is 2.99. The van der Waals surface area contributed by atoms with E-state index in [1.807, 2.05) is 19.9 Å². The van der Waals surface area contributed by atoms with Crippen LogP contribution in [0.15, 0.2) is 53.7 Å². The number of hydrogen-bond donors (Lipinski definition) is 1. The zero-order chi connectivity index (χ0) is 18.7. The van der Waals surface area contributed by atoms with Crippen molar-refractivity contribution in [2.75, 3.05) is 12.4 Å². The summed E-state index contributed by atoms with van der Waals surface area (Å²) in [5.41, 5.74) is 3.45. The van der Waals surface area contributed by atoms with E-state index in [-0.39, 0.29) is 11.6 Å². The second kappa shape index (κ2) is 7.18. The van der Waals surface area contributed by atoms with Gasteiger partial charge in [-0.15, -0.1) is 4.91 Å². The monoisotopic (exact) mass is 350 g/mol. The summed E-state index contributed by atoms with van der Waals surface area (Å²) >= 11 is 0. The minimum absolute atomic E-state index is 0.198. The minimum Gasteiger partial charge on any atom is -0.497 e. The van der Waals surface area contributed by atoms with Gasteiger partial charge < -0.3 is 10.1 Å². The van der Waals surface area contributed by atoms with E-state index >= 15 is 0 Å². The summed E-state index contributed by atoms with van der Waals surface area (Å²) < 4.78 is 6.73. The predicted molar refractivity (Wildman–Crippen MR) is 99.4 cm³/mol. The van der Waals surface area contributed by atoms with Crippen molar-refractivity contribution in [2.24, 2.45) is 5.18 Å². The zero-order valence-electron chi connectivity index (χ0n) is 14.7. The summed E-state index contributed by atoms with van der Waals surface area (Å²) in [6.07, 6.45) is 0. The van der Waals surface area contributed by atoms with Crippen molar-refractivity contribution in [1.82, 2.24) is 9.78 Å². The lowest BCUT2D eigenvalue weighted by Crippen LogP contribution is -2.12. The molecular formula is C19H18N4O3. The maximum Gasteiger partial charge on any atom is 0.255 e. The van der Waals surface area contributed by atoms with Crippen LogP contribution in [0.2, 0.25) is 0 Å². The Morgan fingerprint density at radius 1 is 1.12 bits per heavy atom. The largest absolute Gasteiger partial charge is 0.497 e. The van der Waals surface area contributed by atoms with Gasteiger partial charge in [0.2, 0.25) is 0 Å². The quantitative estimate of drug-likeness (QED) is 0.701. The van der Waals surface area contributed by atoms with Gasteiger partial charge in [-0.05, 0) is 67.6 Å². The first-order valence-corrected chi connectivity index (χ1v) is 7.98. The Bertz CT molecular complexity index is 961. The normalized spacial score (nSPS) is 10.4. The summed E-state index contributed by atoms with van der Waals surface area (Å²) in [6, 6.07) is 13.6. The molecule has 26 heavy (non-hydrogen) atoms. The van der Waals surface area contributed by atoms with Gasteiger partial charge in [-0.25, -0.2) is 4.68 Å². The van der Waals surface area contributed by atoms with E-state index in [4.69, 9.17) is 4.74 Å². The maximum atomic E-state index is 12.3. The highest BCUT2D eigenvalue weighted by Crippen LogP contribution is 2.28. The van der Waals surface area contributed by atoms with Crippen LogP contribution >= 0.6 is 0 Å². The van der Waals surface area contributed by atoms with Crippen LogP contribution in [0.3, 0.4) is 0 Å². The third-order valence-corrected chi connectivity index (χ3v) is 3.92. The topological polar surface area (TPSA) is 85.6 Å². The molecule has 2 aromatic carbocycles. The molecule has 0 fully saturated rings. The molecule has 1 heterocycles. The zero-order valence-corrected chi connectivity index (χ0v) is 14.7. The second-order valence-corrected chi connectivity index (χ2v) is 5.82. The Morgan fingerprint density at radius 3 is 2.42 bits per heavy atom. The fourth-order valence-electron chi connectivity index (χ4n) is 2.67. The smallest absolute Gasteiger partial charge is 0.255 e. The second-order valence-electron chi connectivity index (χ2n) is 5.82. The predicted octanol–water partition coefficient (Wildman–Crippen LogP) is 4.15. The fourth-order valence-corrected chi connectivity index (χ4v) is 2.67. The summed E-state index contributed by atoms with van der Waals surface area (Å²) in [4.78, 5) is 23.6. The molecule has 0 aliphatic rings. The highest BCUT2D eigenvalue weighted by molar-refractivity contribution is 6.04. The van der Waals surface area contributed by atoms with Crippen LogP contribution in [0.25, 0.3) is 5.69 Å². The lowest BCUT2D eigenvalue weighted by molar-refractivity contribution is 0.102. The molecule has 0 radical (unpaired) electrons. The van der Waals surface area contributed by atoms with E-state index in [0.29, 0.717) is 22.7 Å². The number of amides is 1. The van der Waals surface area contributed by atoms with E-state index in [0.717, 1.165) is 11.4 Å². The van der Waals surface area contributed by atoms with Crippen molar-refractivity contribution in [3.05, 3.63) is 70.4 Å². The van der Waals surface area contributed by atoms with Crippen molar-refractivity contribution < 1.29 is 9.53 Å². The first-order chi connectivity index (χ1) is 12.5. The van der Waals surface area contributed by atoms with Crippen molar-refractivity contribution in [2.45, 2.75) is 13.8 Å². The van der Waals surface area contributed by atoms with Crippen LogP contribution in [0.4, 0.5) is 11.4 Å². The molecule has 0 aliphatic heterocycles. The Balaban J connectivity index is 1.86. The van der Waals surface area contributed by atoms with Gasteiger partial charge in [0.05, 0.1) is 18.5 Å². The molecule has 1 aromatic heterocycles. The maximum absolute atomic E-state index is 12.3. The van der Waals surface area contributed by atoms with Gasteiger partial charge in [-0.3, -0.25) is 4.79 Å². The molecule has 0 atom stereocenters. The number of carbonyl (C=O) groups is 1. The molecule has 0 spiro atoms. The van der Waals surface area contributed by atoms with E-state index < -0.39 is 0 Å². The lowest BCUT2D eigenvalue weighted by atomic mass is 10.2. The molecule has 7 heteroatoms. The number of aryl methyl sites for hydroxylation is 2. The molecule has 0 unspecified atom stereocenters. The average molecular weight is 350 g/mol. The van der Waals surface area contributed by atoms with Gasteiger partial charge in [0.25, 0.3) is 5.91 Å². The first-order valence-electron chi connectivity index (χ1n) is 7.98. The van der Waals surface area contributed by atoms with E-state index in [2.05, 4.69) is 15.6 Å².